The Hall–Kier alpha value is -0.990. The van der Waals surface area contributed by atoms with E-state index in [-0.39, 0.29) is 5.41 Å². The number of rotatable bonds is 2. The Morgan fingerprint density at radius 1 is 1.46 bits per heavy atom. The van der Waals surface area contributed by atoms with Crippen molar-refractivity contribution in [3.63, 3.8) is 0 Å². The fraction of sp³-hybridized carbons (Fsp3) is 0.727. The molecule has 13 heavy (non-hydrogen) atoms. The molecule has 0 heterocycles. The molecular formula is C11H16N2. The topological polar surface area (TPSA) is 35.8 Å². The molecule has 2 nitrogen and oxygen atoms in total. The van der Waals surface area contributed by atoms with Gasteiger partial charge in [-0.25, -0.2) is 0 Å². The molecule has 1 atom stereocenters. The SMILES string of the molecule is C#CCNC1(C#N)CCCC1(C)C. The van der Waals surface area contributed by atoms with Crippen LogP contribution in [-0.2, 0) is 0 Å². The molecule has 0 aromatic rings. The van der Waals surface area contributed by atoms with Gasteiger partial charge in [-0.3, -0.25) is 5.32 Å². The van der Waals surface area contributed by atoms with Crippen LogP contribution in [-0.4, -0.2) is 12.1 Å². The van der Waals surface area contributed by atoms with Gasteiger partial charge in [0, 0.05) is 0 Å². The van der Waals surface area contributed by atoms with Crippen LogP contribution in [0.3, 0.4) is 0 Å². The van der Waals surface area contributed by atoms with Crippen molar-refractivity contribution in [3.8, 4) is 18.4 Å². The van der Waals surface area contributed by atoms with Gasteiger partial charge in [-0.2, -0.15) is 5.26 Å². The highest BCUT2D eigenvalue weighted by molar-refractivity contribution is 5.19. The van der Waals surface area contributed by atoms with Crippen LogP contribution in [0.5, 0.6) is 0 Å². The first-order valence-corrected chi connectivity index (χ1v) is 4.68. The minimum Gasteiger partial charge on any atom is -0.288 e. The monoisotopic (exact) mass is 176 g/mol. The normalized spacial score (nSPS) is 30.8. The molecule has 0 bridgehead atoms. The molecule has 0 amide bonds. The summed E-state index contributed by atoms with van der Waals surface area (Å²) in [6, 6.07) is 2.40. The van der Waals surface area contributed by atoms with Crippen LogP contribution < -0.4 is 5.32 Å². The number of nitriles is 1. The third-order valence-corrected chi connectivity index (χ3v) is 3.19. The number of nitrogens with one attached hydrogen (secondary N) is 1. The summed E-state index contributed by atoms with van der Waals surface area (Å²) in [5.41, 5.74) is -0.363. The van der Waals surface area contributed by atoms with Crippen LogP contribution in [0, 0.1) is 29.1 Å². The summed E-state index contributed by atoms with van der Waals surface area (Å²) in [5, 5.41) is 12.4. The van der Waals surface area contributed by atoms with Gasteiger partial charge in [0.1, 0.15) is 5.54 Å². The van der Waals surface area contributed by atoms with E-state index >= 15 is 0 Å². The number of hydrogen-bond acceptors (Lipinski definition) is 2. The Kier molecular flexibility index (Phi) is 2.64. The van der Waals surface area contributed by atoms with E-state index in [4.69, 9.17) is 6.42 Å². The Bertz CT molecular complexity index is 267. The van der Waals surface area contributed by atoms with Crippen molar-refractivity contribution in [1.29, 1.82) is 5.26 Å². The minimum atomic E-state index is -0.403. The first-order chi connectivity index (χ1) is 6.08. The summed E-state index contributed by atoms with van der Waals surface area (Å²) in [4.78, 5) is 0. The predicted octanol–water partition coefficient (Wildman–Crippen LogP) is 1.68. The highest BCUT2D eigenvalue weighted by Crippen LogP contribution is 2.45. The molecule has 1 fully saturated rings. The first kappa shape index (κ1) is 10.1. The lowest BCUT2D eigenvalue weighted by Gasteiger charge is -2.35. The fourth-order valence-corrected chi connectivity index (χ4v) is 2.12. The van der Waals surface area contributed by atoms with Crippen molar-refractivity contribution >= 4 is 0 Å². The standard InChI is InChI=1S/C11H16N2/c1-4-8-13-11(9-12)7-5-6-10(11,2)3/h1,13H,5-8H2,2-3H3. The lowest BCUT2D eigenvalue weighted by Crippen LogP contribution is -2.51. The van der Waals surface area contributed by atoms with Crippen molar-refractivity contribution in [2.75, 3.05) is 6.54 Å². The second-order valence-corrected chi connectivity index (χ2v) is 4.31. The summed E-state index contributed by atoms with van der Waals surface area (Å²) in [6.45, 7) is 4.75. The molecule has 70 valence electrons. The van der Waals surface area contributed by atoms with E-state index in [2.05, 4.69) is 31.2 Å². The lowest BCUT2D eigenvalue weighted by atomic mass is 9.76. The van der Waals surface area contributed by atoms with Crippen molar-refractivity contribution in [3.05, 3.63) is 0 Å². The average molecular weight is 176 g/mol. The smallest absolute Gasteiger partial charge is 0.112 e. The Labute approximate surface area is 80.3 Å². The summed E-state index contributed by atoms with van der Waals surface area (Å²) in [5.74, 6) is 2.53. The van der Waals surface area contributed by atoms with Crippen molar-refractivity contribution in [2.45, 2.75) is 38.6 Å². The van der Waals surface area contributed by atoms with E-state index in [0.29, 0.717) is 6.54 Å². The average Bonchev–Trinajstić information content (AvgIpc) is 2.38. The Morgan fingerprint density at radius 3 is 2.54 bits per heavy atom. The predicted molar refractivity (Wildman–Crippen MR) is 52.8 cm³/mol. The van der Waals surface area contributed by atoms with Gasteiger partial charge in [0.25, 0.3) is 0 Å². The van der Waals surface area contributed by atoms with Gasteiger partial charge in [-0.05, 0) is 24.7 Å². The molecule has 0 spiro atoms. The Balaban J connectivity index is 2.82. The summed E-state index contributed by atoms with van der Waals surface area (Å²) in [7, 11) is 0. The van der Waals surface area contributed by atoms with Crippen LogP contribution >= 0.6 is 0 Å². The molecule has 0 aromatic heterocycles. The van der Waals surface area contributed by atoms with Gasteiger partial charge < -0.3 is 0 Å². The van der Waals surface area contributed by atoms with Crippen LogP contribution in [0.15, 0.2) is 0 Å². The van der Waals surface area contributed by atoms with Crippen LogP contribution in [0.25, 0.3) is 0 Å². The molecule has 1 rings (SSSR count). The minimum absolute atomic E-state index is 0.0403. The highest BCUT2D eigenvalue weighted by Gasteiger charge is 2.48. The van der Waals surface area contributed by atoms with Crippen LogP contribution in [0.1, 0.15) is 33.1 Å². The molecule has 2 heteroatoms. The van der Waals surface area contributed by atoms with Crippen molar-refractivity contribution < 1.29 is 0 Å². The maximum Gasteiger partial charge on any atom is 0.112 e. The van der Waals surface area contributed by atoms with E-state index < -0.39 is 5.54 Å². The van der Waals surface area contributed by atoms with Crippen molar-refractivity contribution in [1.82, 2.24) is 5.32 Å². The van der Waals surface area contributed by atoms with Gasteiger partial charge in [-0.15, -0.1) is 6.42 Å². The maximum atomic E-state index is 9.20. The highest BCUT2D eigenvalue weighted by atomic mass is 15.0. The molecule has 0 saturated heterocycles. The van der Waals surface area contributed by atoms with E-state index in [0.717, 1.165) is 19.3 Å². The largest absolute Gasteiger partial charge is 0.288 e. The summed E-state index contributed by atoms with van der Waals surface area (Å²) < 4.78 is 0. The lowest BCUT2D eigenvalue weighted by molar-refractivity contribution is 0.223. The van der Waals surface area contributed by atoms with Crippen LogP contribution in [0.2, 0.25) is 0 Å². The quantitative estimate of drug-likeness (QED) is 0.650. The number of terminal acetylenes is 1. The van der Waals surface area contributed by atoms with E-state index in [9.17, 15) is 5.26 Å². The van der Waals surface area contributed by atoms with E-state index in [1.165, 1.54) is 0 Å². The van der Waals surface area contributed by atoms with Gasteiger partial charge >= 0.3 is 0 Å². The van der Waals surface area contributed by atoms with E-state index in [1.54, 1.807) is 0 Å². The molecule has 1 aliphatic carbocycles. The first-order valence-electron chi connectivity index (χ1n) is 4.68. The number of hydrogen-bond donors (Lipinski definition) is 1. The van der Waals surface area contributed by atoms with E-state index in [1.807, 2.05) is 0 Å². The van der Waals surface area contributed by atoms with Gasteiger partial charge in [-0.1, -0.05) is 19.8 Å². The van der Waals surface area contributed by atoms with Gasteiger partial charge in [0.2, 0.25) is 0 Å². The molecule has 0 radical (unpaired) electrons. The molecule has 0 aliphatic heterocycles. The third kappa shape index (κ3) is 1.55. The molecule has 1 unspecified atom stereocenters. The fourth-order valence-electron chi connectivity index (χ4n) is 2.12. The van der Waals surface area contributed by atoms with Crippen LogP contribution in [0.4, 0.5) is 0 Å². The zero-order valence-corrected chi connectivity index (χ0v) is 8.35. The summed E-state index contributed by atoms with van der Waals surface area (Å²) >= 11 is 0. The molecule has 1 saturated carbocycles. The zero-order valence-electron chi connectivity index (χ0n) is 8.35. The van der Waals surface area contributed by atoms with Crippen molar-refractivity contribution in [2.24, 2.45) is 5.41 Å². The molecule has 1 N–H and O–H groups in total. The molecule has 0 aromatic carbocycles. The maximum absolute atomic E-state index is 9.20. The van der Waals surface area contributed by atoms with Gasteiger partial charge in [0.15, 0.2) is 0 Å². The summed E-state index contributed by atoms with van der Waals surface area (Å²) in [6.07, 6.45) is 8.31. The second-order valence-electron chi connectivity index (χ2n) is 4.31. The molecular weight excluding hydrogens is 160 g/mol. The Morgan fingerprint density at radius 2 is 2.15 bits per heavy atom. The molecule has 1 aliphatic rings. The zero-order chi connectivity index (χ0) is 9.95. The second kappa shape index (κ2) is 3.40. The third-order valence-electron chi connectivity index (χ3n) is 3.19. The number of nitrogens with zero attached hydrogens (tertiary/aromatic N) is 1. The van der Waals surface area contributed by atoms with Gasteiger partial charge in [0.05, 0.1) is 12.6 Å².